The molecule has 7 atom stereocenters. The largest absolute Gasteiger partial charge is 0.756 e. The number of phosphoric acid groups is 3. The minimum absolute atomic E-state index is 0.00116. The third kappa shape index (κ3) is 7.84. The number of aliphatic hydroxyl groups excluding tert-OH is 1. The van der Waals surface area contributed by atoms with Crippen molar-refractivity contribution in [3.8, 4) is 0 Å². The molecule has 0 aliphatic carbocycles. The van der Waals surface area contributed by atoms with Gasteiger partial charge in [-0.15, -0.1) is 0 Å². The van der Waals surface area contributed by atoms with E-state index in [2.05, 4.69) is 33.4 Å². The number of fused-ring (bicyclic) bond motifs is 1. The van der Waals surface area contributed by atoms with Crippen molar-refractivity contribution in [3.63, 3.8) is 0 Å². The van der Waals surface area contributed by atoms with E-state index in [-0.39, 0.29) is 34.8 Å². The summed E-state index contributed by atoms with van der Waals surface area (Å²) in [5.41, 5.74) is 11.3. The van der Waals surface area contributed by atoms with Crippen molar-refractivity contribution in [2.75, 3.05) is 25.4 Å². The molecule has 1 amide bonds. The number of imidazole rings is 1. The van der Waals surface area contributed by atoms with Crippen molar-refractivity contribution in [3.05, 3.63) is 11.0 Å². The molecule has 0 saturated carbocycles. The zero-order valence-corrected chi connectivity index (χ0v) is 22.0. The molecule has 25 heteroatoms. The molecule has 8 N–H and O–H groups in total. The van der Waals surface area contributed by atoms with Crippen LogP contribution in [0.25, 0.3) is 11.2 Å². The number of ether oxygens (including phenoxy) is 2. The van der Waals surface area contributed by atoms with Crippen molar-refractivity contribution in [1.29, 1.82) is 0 Å². The van der Waals surface area contributed by atoms with E-state index in [9.17, 15) is 38.3 Å². The van der Waals surface area contributed by atoms with Crippen LogP contribution in [0.3, 0.4) is 0 Å². The molecular weight excluding hydrogens is 603 g/mol. The van der Waals surface area contributed by atoms with E-state index in [0.29, 0.717) is 0 Å². The fourth-order valence-corrected chi connectivity index (χ4v) is 6.29. The SMILES string of the molecule is NCCNC(=O)O[C@H]1C(O)[C@@H](COP(=O)([O-])OP(=O)([O-])OP(=O)([O-])O)O[C@H]1n1cnc2c(=S)nc(N)[nH]c21. The number of carbonyl (C=O) groups excluding carboxylic acids is 1. The molecule has 21 nitrogen and oxygen atoms in total. The van der Waals surface area contributed by atoms with Gasteiger partial charge < -0.3 is 60.4 Å². The average molecular weight is 622 g/mol. The van der Waals surface area contributed by atoms with Crippen molar-refractivity contribution >= 4 is 58.9 Å². The number of carbonyl (C=O) groups is 1. The maximum absolute atomic E-state index is 12.2. The molecular formula is C13H19N7O14P3S-3. The number of alkyl carbamates (subject to hydrolysis) is 1. The molecule has 1 aliphatic rings. The summed E-state index contributed by atoms with van der Waals surface area (Å²) in [5.74, 6) is -0.125. The third-order valence-corrected chi connectivity index (χ3v) is 8.48. The van der Waals surface area contributed by atoms with Crippen molar-refractivity contribution in [2.24, 2.45) is 5.73 Å². The lowest BCUT2D eigenvalue weighted by Gasteiger charge is -2.33. The Morgan fingerprint density at radius 3 is 2.61 bits per heavy atom. The number of phosphoric ester groups is 1. The Kier molecular flexibility index (Phi) is 9.45. The van der Waals surface area contributed by atoms with Crippen LogP contribution >= 0.6 is 35.7 Å². The Hall–Kier alpha value is -1.87. The van der Waals surface area contributed by atoms with Gasteiger partial charge >= 0.3 is 6.09 Å². The summed E-state index contributed by atoms with van der Waals surface area (Å²) < 4.78 is 56.9. The molecule has 1 fully saturated rings. The number of aromatic nitrogens is 4. The lowest BCUT2D eigenvalue weighted by molar-refractivity contribution is -0.250. The number of rotatable bonds is 11. The minimum atomic E-state index is -6.15. The van der Waals surface area contributed by atoms with E-state index in [1.165, 1.54) is 4.57 Å². The van der Waals surface area contributed by atoms with Gasteiger partial charge in [0.05, 0.1) is 12.9 Å². The molecule has 3 rings (SSSR count). The van der Waals surface area contributed by atoms with Crippen molar-refractivity contribution in [1.82, 2.24) is 24.8 Å². The summed E-state index contributed by atoms with van der Waals surface area (Å²) in [5, 5.41) is 13.0. The van der Waals surface area contributed by atoms with Crippen molar-refractivity contribution < 1.29 is 65.8 Å². The molecule has 4 unspecified atom stereocenters. The molecule has 214 valence electrons. The highest BCUT2D eigenvalue weighted by Gasteiger charge is 2.48. The zero-order valence-electron chi connectivity index (χ0n) is 18.5. The van der Waals surface area contributed by atoms with E-state index >= 15 is 0 Å². The van der Waals surface area contributed by atoms with Crippen LogP contribution in [-0.2, 0) is 36.3 Å². The van der Waals surface area contributed by atoms with E-state index in [1.54, 1.807) is 0 Å². The van der Waals surface area contributed by atoms with Crippen LogP contribution in [0.4, 0.5) is 10.7 Å². The Morgan fingerprint density at radius 2 is 1.97 bits per heavy atom. The number of anilines is 1. The normalized spacial score (nSPS) is 26.4. The predicted molar refractivity (Wildman–Crippen MR) is 118 cm³/mol. The number of nitrogens with zero attached hydrogens (tertiary/aromatic N) is 3. The summed E-state index contributed by atoms with van der Waals surface area (Å²) in [6, 6.07) is 0. The van der Waals surface area contributed by atoms with Gasteiger partial charge in [-0.25, -0.2) is 23.4 Å². The Balaban J connectivity index is 1.84. The van der Waals surface area contributed by atoms with Gasteiger partial charge in [0.25, 0.3) is 23.5 Å². The van der Waals surface area contributed by atoms with Crippen LogP contribution in [-0.4, -0.2) is 73.6 Å². The highest BCUT2D eigenvalue weighted by molar-refractivity contribution is 7.71. The van der Waals surface area contributed by atoms with Gasteiger partial charge in [-0.1, -0.05) is 12.2 Å². The first-order chi connectivity index (χ1) is 17.5. The molecule has 1 saturated heterocycles. The molecule has 0 spiro atoms. The second kappa shape index (κ2) is 11.7. The summed E-state index contributed by atoms with van der Waals surface area (Å²) in [7, 11) is -18.0. The predicted octanol–water partition coefficient (Wildman–Crippen LogP) is -3.17. The van der Waals surface area contributed by atoms with Gasteiger partial charge in [0.1, 0.15) is 23.4 Å². The second-order valence-corrected chi connectivity index (χ2v) is 11.9. The molecule has 0 radical (unpaired) electrons. The maximum atomic E-state index is 12.2. The van der Waals surface area contributed by atoms with Crippen LogP contribution < -0.4 is 31.5 Å². The highest BCUT2D eigenvalue weighted by Crippen LogP contribution is 2.61. The molecule has 2 aromatic heterocycles. The standard InChI is InChI=1S/C13H22N7O14P3S/c14-1-2-16-13(22)32-8-7(21)5(3-30-36(26,27)34-37(28,29)33-35(23,24)25)31-11(8)20-4-17-6-9(20)18-12(15)19-10(6)38/h4-5,7-8,11,21H,1-3,14H2,(H,16,22)(H,26,27)(H,28,29)(H2,23,24,25)(H3,15,18,19,38)/p-3/t5-,7?,8+,11-/m1/s1. The van der Waals surface area contributed by atoms with E-state index < -0.39 is 60.7 Å². The van der Waals surface area contributed by atoms with Crippen LogP contribution in [0.1, 0.15) is 6.23 Å². The summed E-state index contributed by atoms with van der Waals surface area (Å²) in [6.07, 6.45) is -6.29. The lowest BCUT2D eigenvalue weighted by Crippen LogP contribution is -2.41. The first-order valence-corrected chi connectivity index (χ1v) is 14.8. The first-order valence-electron chi connectivity index (χ1n) is 9.95. The van der Waals surface area contributed by atoms with Crippen LogP contribution in [0.15, 0.2) is 6.33 Å². The first kappa shape index (κ1) is 30.7. The molecule has 0 bridgehead atoms. The number of aliphatic hydroxyl groups is 1. The maximum Gasteiger partial charge on any atom is 0.407 e. The number of amides is 1. The molecule has 2 aromatic rings. The summed E-state index contributed by atoms with van der Waals surface area (Å²) >= 11 is 5.09. The van der Waals surface area contributed by atoms with Gasteiger partial charge in [0.15, 0.2) is 22.9 Å². The monoisotopic (exact) mass is 622 g/mol. The second-order valence-electron chi connectivity index (χ2n) is 7.24. The average Bonchev–Trinajstić information content (AvgIpc) is 3.29. The van der Waals surface area contributed by atoms with Gasteiger partial charge in [0, 0.05) is 13.1 Å². The number of H-pyrrole nitrogens is 1. The number of aromatic amines is 1. The summed E-state index contributed by atoms with van der Waals surface area (Å²) in [4.78, 5) is 65.0. The molecule has 0 aromatic carbocycles. The van der Waals surface area contributed by atoms with Gasteiger partial charge in [-0.3, -0.25) is 18.3 Å². The van der Waals surface area contributed by atoms with E-state index in [1.807, 2.05) is 0 Å². The Bertz CT molecular complexity index is 1380. The Labute approximate surface area is 216 Å². The summed E-state index contributed by atoms with van der Waals surface area (Å²) in [6.45, 7) is -1.08. The van der Waals surface area contributed by atoms with Gasteiger partial charge in [-0.05, 0) is 0 Å². The fourth-order valence-electron chi connectivity index (χ4n) is 3.14. The lowest BCUT2D eigenvalue weighted by atomic mass is 10.1. The van der Waals surface area contributed by atoms with Gasteiger partial charge in [0.2, 0.25) is 0 Å². The van der Waals surface area contributed by atoms with Gasteiger partial charge in [-0.2, -0.15) is 0 Å². The molecule has 3 heterocycles. The van der Waals surface area contributed by atoms with E-state index in [4.69, 9.17) is 38.1 Å². The quantitative estimate of drug-likeness (QED) is 0.106. The number of nitrogens with two attached hydrogens (primary N) is 2. The van der Waals surface area contributed by atoms with Crippen molar-refractivity contribution in [2.45, 2.75) is 24.5 Å². The van der Waals surface area contributed by atoms with Crippen LogP contribution in [0.5, 0.6) is 0 Å². The van der Waals surface area contributed by atoms with E-state index in [0.717, 1.165) is 6.33 Å². The smallest absolute Gasteiger partial charge is 0.407 e. The highest BCUT2D eigenvalue weighted by atomic mass is 32.1. The minimum Gasteiger partial charge on any atom is -0.756 e. The number of nitrogen functional groups attached to an aromatic ring is 1. The molecule has 1 aliphatic heterocycles. The Morgan fingerprint density at radius 1 is 1.29 bits per heavy atom. The molecule has 38 heavy (non-hydrogen) atoms. The number of nitrogens with one attached hydrogen (secondary N) is 2. The number of hydrogen-bond donors (Lipinski definition) is 6. The zero-order chi connectivity index (χ0) is 28.5. The van der Waals surface area contributed by atoms with Crippen LogP contribution in [0.2, 0.25) is 0 Å². The van der Waals surface area contributed by atoms with Crippen LogP contribution in [0, 0.1) is 4.64 Å². The third-order valence-electron chi connectivity index (χ3n) is 4.51. The topological polar surface area (TPSA) is 335 Å². The fraction of sp³-hybridized carbons (Fsp3) is 0.538. The number of hydrogen-bond acceptors (Lipinski definition) is 18.